The largest absolute Gasteiger partial charge is 0.383 e. The number of benzene rings is 2. The molecule has 8 heteroatoms. The summed E-state index contributed by atoms with van der Waals surface area (Å²) in [7, 11) is 0. The van der Waals surface area contributed by atoms with E-state index in [0.29, 0.717) is 16.8 Å². The van der Waals surface area contributed by atoms with Crippen LogP contribution in [0.1, 0.15) is 27.9 Å². The summed E-state index contributed by atoms with van der Waals surface area (Å²) in [5, 5.41) is 4.22. The number of nitrogens with two attached hydrogens (primary N) is 1. The zero-order valence-electron chi connectivity index (χ0n) is 17.2. The molecule has 1 aliphatic rings. The van der Waals surface area contributed by atoms with E-state index >= 15 is 0 Å². The van der Waals surface area contributed by atoms with Crippen molar-refractivity contribution in [3.05, 3.63) is 77.2 Å². The quantitative estimate of drug-likeness (QED) is 0.564. The van der Waals surface area contributed by atoms with Crippen molar-refractivity contribution < 1.29 is 13.9 Å². The lowest BCUT2D eigenvalue weighted by molar-refractivity contribution is 0.0374. The third-order valence-corrected chi connectivity index (χ3v) is 5.35. The van der Waals surface area contributed by atoms with E-state index in [2.05, 4.69) is 10.00 Å². The summed E-state index contributed by atoms with van der Waals surface area (Å²) in [5.74, 6) is -0.272. The minimum Gasteiger partial charge on any atom is -0.383 e. The third kappa shape index (κ3) is 5.50. The van der Waals surface area contributed by atoms with Gasteiger partial charge in [0.15, 0.2) is 5.78 Å². The van der Waals surface area contributed by atoms with E-state index in [1.54, 1.807) is 18.2 Å². The Kier molecular flexibility index (Phi) is 7.79. The minimum absolute atomic E-state index is 0. The first-order chi connectivity index (χ1) is 14.6. The van der Waals surface area contributed by atoms with Crippen molar-refractivity contribution in [1.29, 1.82) is 0 Å². The van der Waals surface area contributed by atoms with Crippen LogP contribution >= 0.6 is 12.4 Å². The molecule has 0 aliphatic carbocycles. The average Bonchev–Trinajstić information content (AvgIpc) is 3.16. The first-order valence-corrected chi connectivity index (χ1v) is 10.1. The second kappa shape index (κ2) is 10.5. The van der Waals surface area contributed by atoms with Crippen molar-refractivity contribution in [2.24, 2.45) is 0 Å². The molecule has 1 saturated heterocycles. The second-order valence-electron chi connectivity index (χ2n) is 7.42. The molecule has 1 aliphatic heterocycles. The predicted octanol–water partition coefficient (Wildman–Crippen LogP) is 3.51. The number of morpholine rings is 1. The Morgan fingerprint density at radius 1 is 1.13 bits per heavy atom. The normalized spacial score (nSPS) is 14.2. The molecule has 3 aromatic rings. The highest BCUT2D eigenvalue weighted by Crippen LogP contribution is 2.21. The number of hydrogen-bond donors (Lipinski definition) is 1. The summed E-state index contributed by atoms with van der Waals surface area (Å²) in [4.78, 5) is 15.4. The standard InChI is InChI=1S/C23H25FN4O2.ClH/c24-19-6-8-20(9-7-19)28-23(25)21(16-26-28)22(29)18-5-1-3-17(15-18)4-2-10-27-11-13-30-14-12-27;/h1,3,5-9,15-16H,2,4,10-14,25H2;1H. The number of nitrogen functional groups attached to an aromatic ring is 1. The lowest BCUT2D eigenvalue weighted by Crippen LogP contribution is -2.36. The summed E-state index contributed by atoms with van der Waals surface area (Å²) in [5.41, 5.74) is 8.83. The Morgan fingerprint density at radius 3 is 2.61 bits per heavy atom. The Hall–Kier alpha value is -2.74. The number of rotatable bonds is 7. The summed E-state index contributed by atoms with van der Waals surface area (Å²) < 4.78 is 20.0. The van der Waals surface area contributed by atoms with Crippen molar-refractivity contribution >= 4 is 24.0 Å². The van der Waals surface area contributed by atoms with Crippen LogP contribution in [-0.4, -0.2) is 53.3 Å². The minimum atomic E-state index is -0.341. The van der Waals surface area contributed by atoms with E-state index in [1.165, 1.54) is 23.0 Å². The fourth-order valence-corrected chi connectivity index (χ4v) is 3.68. The van der Waals surface area contributed by atoms with Gasteiger partial charge in [-0.3, -0.25) is 9.69 Å². The van der Waals surface area contributed by atoms with Crippen molar-refractivity contribution in [2.45, 2.75) is 12.8 Å². The number of aromatic nitrogens is 2. The third-order valence-electron chi connectivity index (χ3n) is 5.35. The average molecular weight is 445 g/mol. The molecule has 2 N–H and O–H groups in total. The van der Waals surface area contributed by atoms with Crippen molar-refractivity contribution in [1.82, 2.24) is 14.7 Å². The van der Waals surface area contributed by atoms with E-state index in [9.17, 15) is 9.18 Å². The van der Waals surface area contributed by atoms with Gasteiger partial charge in [-0.05, 0) is 55.3 Å². The van der Waals surface area contributed by atoms with Gasteiger partial charge in [0.05, 0.1) is 30.7 Å². The highest BCUT2D eigenvalue weighted by atomic mass is 35.5. The van der Waals surface area contributed by atoms with E-state index < -0.39 is 0 Å². The Bertz CT molecular complexity index is 1020. The Morgan fingerprint density at radius 2 is 1.87 bits per heavy atom. The van der Waals surface area contributed by atoms with Gasteiger partial charge in [0, 0.05) is 18.7 Å². The number of ether oxygens (including phenoxy) is 1. The zero-order chi connectivity index (χ0) is 20.9. The number of ketones is 1. The molecule has 6 nitrogen and oxygen atoms in total. The number of hydrogen-bond acceptors (Lipinski definition) is 5. The molecule has 1 aromatic heterocycles. The van der Waals surface area contributed by atoms with Crippen LogP contribution in [-0.2, 0) is 11.2 Å². The molecule has 2 heterocycles. The van der Waals surface area contributed by atoms with Crippen LogP contribution in [0.25, 0.3) is 5.69 Å². The zero-order valence-corrected chi connectivity index (χ0v) is 18.0. The topological polar surface area (TPSA) is 73.4 Å². The van der Waals surface area contributed by atoms with E-state index in [4.69, 9.17) is 10.5 Å². The van der Waals surface area contributed by atoms with E-state index in [-0.39, 0.29) is 29.8 Å². The monoisotopic (exact) mass is 444 g/mol. The van der Waals surface area contributed by atoms with Crippen LogP contribution in [0.15, 0.2) is 54.7 Å². The molecule has 0 radical (unpaired) electrons. The Balaban J connectivity index is 0.00000272. The summed E-state index contributed by atoms with van der Waals surface area (Å²) in [6.07, 6.45) is 3.40. The fraction of sp³-hybridized carbons (Fsp3) is 0.304. The highest BCUT2D eigenvalue weighted by molar-refractivity contribution is 6.11. The molecular weight excluding hydrogens is 419 g/mol. The van der Waals surface area contributed by atoms with Gasteiger partial charge in [-0.1, -0.05) is 18.2 Å². The Labute approximate surface area is 187 Å². The predicted molar refractivity (Wildman–Crippen MR) is 121 cm³/mol. The van der Waals surface area contributed by atoms with Crippen LogP contribution in [0.2, 0.25) is 0 Å². The molecule has 0 atom stereocenters. The molecule has 164 valence electrons. The van der Waals surface area contributed by atoms with Crippen LogP contribution in [0.3, 0.4) is 0 Å². The van der Waals surface area contributed by atoms with Crippen molar-refractivity contribution in [3.63, 3.8) is 0 Å². The van der Waals surface area contributed by atoms with E-state index in [1.807, 2.05) is 18.2 Å². The molecular formula is C23H26ClFN4O2. The van der Waals surface area contributed by atoms with Gasteiger partial charge in [0.1, 0.15) is 11.6 Å². The number of aryl methyl sites for hydroxylation is 1. The molecule has 0 saturated carbocycles. The maximum atomic E-state index is 13.2. The number of carbonyl (C=O) groups is 1. The van der Waals surface area contributed by atoms with E-state index in [0.717, 1.165) is 51.3 Å². The molecule has 0 amide bonds. The SMILES string of the molecule is Cl.Nc1c(C(=O)c2cccc(CCCN3CCOCC3)c2)cnn1-c1ccc(F)cc1. The molecule has 0 unspecified atom stereocenters. The number of anilines is 1. The van der Waals surface area contributed by atoms with Gasteiger partial charge in [0.25, 0.3) is 0 Å². The molecule has 2 aromatic carbocycles. The fourth-order valence-electron chi connectivity index (χ4n) is 3.68. The van der Waals surface area contributed by atoms with Crippen molar-refractivity contribution in [2.75, 3.05) is 38.6 Å². The maximum absolute atomic E-state index is 13.2. The van der Waals surface area contributed by atoms with Crippen LogP contribution < -0.4 is 5.73 Å². The van der Waals surface area contributed by atoms with Crippen LogP contribution in [0, 0.1) is 5.82 Å². The van der Waals surface area contributed by atoms with Gasteiger partial charge in [-0.15, -0.1) is 12.4 Å². The van der Waals surface area contributed by atoms with Crippen LogP contribution in [0.4, 0.5) is 10.2 Å². The summed E-state index contributed by atoms with van der Waals surface area (Å²) in [6.45, 7) is 4.60. The first-order valence-electron chi connectivity index (χ1n) is 10.1. The highest BCUT2D eigenvalue weighted by Gasteiger charge is 2.18. The molecule has 4 rings (SSSR count). The number of nitrogens with zero attached hydrogens (tertiary/aromatic N) is 3. The molecule has 1 fully saturated rings. The number of halogens is 2. The molecule has 0 bridgehead atoms. The van der Waals surface area contributed by atoms with Gasteiger partial charge >= 0.3 is 0 Å². The maximum Gasteiger partial charge on any atom is 0.198 e. The van der Waals surface area contributed by atoms with Crippen molar-refractivity contribution in [3.8, 4) is 5.69 Å². The lowest BCUT2D eigenvalue weighted by Gasteiger charge is -2.26. The molecule has 0 spiro atoms. The summed E-state index contributed by atoms with van der Waals surface area (Å²) in [6, 6.07) is 13.5. The molecule has 31 heavy (non-hydrogen) atoms. The lowest BCUT2D eigenvalue weighted by atomic mass is 10.0. The first kappa shape index (κ1) is 22.9. The second-order valence-corrected chi connectivity index (χ2v) is 7.42. The van der Waals surface area contributed by atoms with Gasteiger partial charge in [-0.2, -0.15) is 5.10 Å². The number of carbonyl (C=O) groups excluding carboxylic acids is 1. The van der Waals surface area contributed by atoms with Gasteiger partial charge in [0.2, 0.25) is 0 Å². The van der Waals surface area contributed by atoms with Gasteiger partial charge in [-0.25, -0.2) is 9.07 Å². The summed E-state index contributed by atoms with van der Waals surface area (Å²) >= 11 is 0. The van der Waals surface area contributed by atoms with Crippen LogP contribution in [0.5, 0.6) is 0 Å². The smallest absolute Gasteiger partial charge is 0.198 e. The van der Waals surface area contributed by atoms with Gasteiger partial charge < -0.3 is 10.5 Å².